The lowest BCUT2D eigenvalue weighted by atomic mass is 10.00. The van der Waals surface area contributed by atoms with E-state index < -0.39 is 110 Å². The first-order chi connectivity index (χ1) is 20.6. The van der Waals surface area contributed by atoms with Gasteiger partial charge in [-0.2, -0.15) is 79.0 Å². The molecular formula is C23H28F18NO4S+. The molecule has 280 valence electrons. The molecule has 0 aromatic rings. The van der Waals surface area contributed by atoms with Crippen LogP contribution < -0.4 is 0 Å². The number of esters is 2. The number of carbonyl (C=O) groups excluding carboxylic acids is 2. The third-order valence-electron chi connectivity index (χ3n) is 5.89. The number of thioether (sulfide) groups is 1. The molecule has 0 fully saturated rings. The predicted octanol–water partition coefficient (Wildman–Crippen LogP) is 7.77. The van der Waals surface area contributed by atoms with E-state index in [4.69, 9.17) is 0 Å². The average molecular weight is 757 g/mol. The Balaban J connectivity index is 5.33. The lowest BCUT2D eigenvalue weighted by molar-refractivity contribution is -0.867. The Hall–Kier alpha value is -2.01. The summed E-state index contributed by atoms with van der Waals surface area (Å²) in [4.78, 5) is 24.5. The summed E-state index contributed by atoms with van der Waals surface area (Å²) >= 11 is 0.618. The highest BCUT2D eigenvalue weighted by molar-refractivity contribution is 8.00. The Kier molecular flexibility index (Phi) is 14.6. The highest BCUT2D eigenvalue weighted by Crippen LogP contribution is 2.55. The second-order valence-electron chi connectivity index (χ2n) is 10.9. The quantitative estimate of drug-likeness (QED) is 0.0584. The van der Waals surface area contributed by atoms with Crippen LogP contribution in [0.5, 0.6) is 0 Å². The summed E-state index contributed by atoms with van der Waals surface area (Å²) in [5.41, 5.74) is 0. The van der Waals surface area contributed by atoms with Crippen molar-refractivity contribution >= 4 is 23.7 Å². The van der Waals surface area contributed by atoms with Gasteiger partial charge in [0.15, 0.2) is 0 Å². The Labute approximate surface area is 258 Å². The van der Waals surface area contributed by atoms with Gasteiger partial charge in [0, 0.05) is 18.6 Å². The van der Waals surface area contributed by atoms with Crippen molar-refractivity contribution < 1.29 is 103 Å². The molecule has 0 saturated heterocycles. The number of hydrogen-bond acceptors (Lipinski definition) is 5. The topological polar surface area (TPSA) is 52.6 Å². The summed E-state index contributed by atoms with van der Waals surface area (Å²) in [6.07, 6.45) is -22.6. The fourth-order valence-electron chi connectivity index (χ4n) is 3.06. The molecule has 24 heteroatoms. The normalized spacial score (nSPS) is 15.4. The Morgan fingerprint density at radius 1 is 0.596 bits per heavy atom. The maximum Gasteiger partial charge on any atom is 0.460 e. The first-order valence-electron chi connectivity index (χ1n) is 12.7. The summed E-state index contributed by atoms with van der Waals surface area (Å²) in [7, 11) is 4.97. The highest BCUT2D eigenvalue weighted by Gasteiger charge is 2.82. The minimum absolute atomic E-state index is 0.0160. The smallest absolute Gasteiger partial charge is 0.460 e. The number of ether oxygens (including phenoxy) is 2. The van der Waals surface area contributed by atoms with Gasteiger partial charge in [-0.3, -0.25) is 9.59 Å². The van der Waals surface area contributed by atoms with Crippen LogP contribution in [0.1, 0.15) is 32.1 Å². The summed E-state index contributed by atoms with van der Waals surface area (Å²) in [5, 5.41) is -1.65. The molecule has 0 aromatic carbocycles. The zero-order valence-electron chi connectivity index (χ0n) is 24.2. The third-order valence-corrected chi connectivity index (χ3v) is 7.07. The molecule has 0 heterocycles. The highest BCUT2D eigenvalue weighted by atomic mass is 32.2. The van der Waals surface area contributed by atoms with Crippen molar-refractivity contribution in [3.8, 4) is 0 Å². The third kappa shape index (κ3) is 11.3. The molecule has 0 spiro atoms. The number of quaternary nitrogens is 1. The van der Waals surface area contributed by atoms with Crippen molar-refractivity contribution in [3.05, 3.63) is 0 Å². The zero-order valence-corrected chi connectivity index (χ0v) is 25.0. The van der Waals surface area contributed by atoms with E-state index in [0.29, 0.717) is 11.8 Å². The van der Waals surface area contributed by atoms with Gasteiger partial charge < -0.3 is 14.0 Å². The van der Waals surface area contributed by atoms with Gasteiger partial charge >= 0.3 is 59.8 Å². The summed E-state index contributed by atoms with van der Waals surface area (Å²) in [5.74, 6) is -42.9. The number of hydrogen-bond donors (Lipinski definition) is 0. The average Bonchev–Trinajstić information content (AvgIpc) is 2.85. The van der Waals surface area contributed by atoms with E-state index in [1.54, 1.807) is 21.1 Å². The van der Waals surface area contributed by atoms with Crippen molar-refractivity contribution in [1.82, 2.24) is 0 Å². The van der Waals surface area contributed by atoms with Gasteiger partial charge in [-0.1, -0.05) is 0 Å². The summed E-state index contributed by atoms with van der Waals surface area (Å²) < 4.78 is 242. The number of halogens is 18. The van der Waals surface area contributed by atoms with Crippen molar-refractivity contribution in [3.63, 3.8) is 0 Å². The fourth-order valence-corrected chi connectivity index (χ4v) is 4.45. The maximum atomic E-state index is 13.6. The van der Waals surface area contributed by atoms with Crippen LogP contribution >= 0.6 is 11.8 Å². The van der Waals surface area contributed by atoms with E-state index in [2.05, 4.69) is 9.47 Å². The van der Waals surface area contributed by atoms with Crippen LogP contribution in [0, 0.1) is 0 Å². The van der Waals surface area contributed by atoms with Gasteiger partial charge in [0.25, 0.3) is 0 Å². The molecule has 5 nitrogen and oxygen atoms in total. The van der Waals surface area contributed by atoms with Crippen molar-refractivity contribution in [2.45, 2.75) is 85.2 Å². The predicted molar refractivity (Wildman–Crippen MR) is 126 cm³/mol. The SMILES string of the molecule is C[N+](C)(C)CCSC(CC(=O)OCCCC(F)(F)C(F)(F)C(F)(F)C(F)(F)F)C(=O)OCCCC(F)(F)C(F)(F)C(F)(F)C(F)(F)F. The standard InChI is InChI=1S/C23H28F18NO4S/c1-42(2,3)8-11-47-13(15(44)46-10-5-7-17(26,27)19(30,31)21(34,35)23(39,40)41)12-14(43)45-9-4-6-16(24,25)18(28,29)20(32,33)22(36,37)38/h13H,4-12H2,1-3H3/q+1. The number of nitrogens with zero attached hydrogens (tertiary/aromatic N) is 1. The van der Waals surface area contributed by atoms with Gasteiger partial charge in [-0.15, -0.1) is 11.8 Å². The van der Waals surface area contributed by atoms with Crippen molar-refractivity contribution in [1.29, 1.82) is 0 Å². The van der Waals surface area contributed by atoms with Crippen LogP contribution in [0.25, 0.3) is 0 Å². The molecule has 0 radical (unpaired) electrons. The first kappa shape index (κ1) is 45.0. The minimum atomic E-state index is -7.14. The van der Waals surface area contributed by atoms with E-state index in [1.165, 1.54) is 0 Å². The summed E-state index contributed by atoms with van der Waals surface area (Å²) in [6.45, 7) is -2.28. The van der Waals surface area contributed by atoms with Gasteiger partial charge in [-0.05, 0) is 12.8 Å². The van der Waals surface area contributed by atoms with E-state index in [0.717, 1.165) is 0 Å². The second kappa shape index (κ2) is 15.3. The maximum absolute atomic E-state index is 13.6. The molecule has 0 aromatic heterocycles. The van der Waals surface area contributed by atoms with E-state index >= 15 is 0 Å². The molecule has 0 bridgehead atoms. The molecule has 0 amide bonds. The molecule has 0 N–H and O–H groups in total. The Morgan fingerprint density at radius 3 is 1.30 bits per heavy atom. The molecule has 0 aliphatic carbocycles. The van der Waals surface area contributed by atoms with Gasteiger partial charge in [0.1, 0.15) is 5.25 Å². The van der Waals surface area contributed by atoms with Crippen LogP contribution in [0.15, 0.2) is 0 Å². The molecule has 0 aliphatic rings. The number of rotatable bonds is 19. The van der Waals surface area contributed by atoms with Crippen molar-refractivity contribution in [2.75, 3.05) is 46.7 Å². The fraction of sp³-hybridized carbons (Fsp3) is 0.913. The Morgan fingerprint density at radius 2 is 0.957 bits per heavy atom. The molecule has 1 atom stereocenters. The van der Waals surface area contributed by atoms with Crippen LogP contribution in [-0.2, 0) is 19.1 Å². The lowest BCUT2D eigenvalue weighted by Gasteiger charge is -2.33. The monoisotopic (exact) mass is 756 g/mol. The molecule has 47 heavy (non-hydrogen) atoms. The largest absolute Gasteiger partial charge is 0.466 e. The minimum Gasteiger partial charge on any atom is -0.466 e. The number of carbonyl (C=O) groups is 2. The molecular weight excluding hydrogens is 728 g/mol. The number of alkyl halides is 18. The zero-order chi connectivity index (χ0) is 37.7. The van der Waals surface area contributed by atoms with E-state index in [-0.39, 0.29) is 16.8 Å². The van der Waals surface area contributed by atoms with Gasteiger partial charge in [0.2, 0.25) is 0 Å². The molecule has 0 rings (SSSR count). The van der Waals surface area contributed by atoms with Crippen LogP contribution in [0.4, 0.5) is 79.0 Å². The molecule has 0 saturated carbocycles. The van der Waals surface area contributed by atoms with Crippen LogP contribution in [0.3, 0.4) is 0 Å². The van der Waals surface area contributed by atoms with Gasteiger partial charge in [0.05, 0.1) is 47.3 Å². The van der Waals surface area contributed by atoms with E-state index in [9.17, 15) is 88.6 Å². The van der Waals surface area contributed by atoms with Crippen LogP contribution in [0.2, 0.25) is 0 Å². The summed E-state index contributed by atoms with van der Waals surface area (Å²) in [6, 6.07) is 0. The Bertz CT molecular complexity index is 1040. The van der Waals surface area contributed by atoms with E-state index in [1.807, 2.05) is 0 Å². The van der Waals surface area contributed by atoms with Gasteiger partial charge in [-0.25, -0.2) is 0 Å². The molecule has 0 aliphatic heterocycles. The molecule has 1 unspecified atom stereocenters. The van der Waals surface area contributed by atoms with Crippen molar-refractivity contribution in [2.24, 2.45) is 0 Å². The second-order valence-corrected chi connectivity index (χ2v) is 12.2. The first-order valence-corrected chi connectivity index (χ1v) is 13.8. The van der Waals surface area contributed by atoms with Crippen LogP contribution in [-0.4, -0.2) is 116 Å². The lowest BCUT2D eigenvalue weighted by Crippen LogP contribution is -2.60.